The molecule has 2 heterocycles. The van der Waals surface area contributed by atoms with Gasteiger partial charge in [0.25, 0.3) is 5.91 Å². The van der Waals surface area contributed by atoms with Crippen LogP contribution in [-0.4, -0.2) is 75.4 Å². The second-order valence-electron chi connectivity index (χ2n) is 11.8. The monoisotopic (exact) mass is 577 g/mol. The van der Waals surface area contributed by atoms with E-state index < -0.39 is 28.7 Å². The Kier molecular flexibility index (Phi) is 8.81. The fraction of sp³-hybridized carbons (Fsp3) is 0.655. The van der Waals surface area contributed by atoms with Crippen LogP contribution in [0.2, 0.25) is 0 Å². The van der Waals surface area contributed by atoms with Gasteiger partial charge >= 0.3 is 6.18 Å². The van der Waals surface area contributed by atoms with Gasteiger partial charge in [-0.1, -0.05) is 12.8 Å². The van der Waals surface area contributed by atoms with Crippen molar-refractivity contribution in [2.24, 2.45) is 5.92 Å². The van der Waals surface area contributed by atoms with Crippen molar-refractivity contribution in [2.45, 2.75) is 90.0 Å². The number of carbonyl (C=O) groups excluding carboxylic acids is 2. The Labute approximate surface area is 239 Å². The minimum absolute atomic E-state index is 0.0131. The number of piperazine rings is 1. The van der Waals surface area contributed by atoms with Crippen LogP contribution in [-0.2, 0) is 15.8 Å². The molecule has 2 atom stereocenters. The molecule has 0 aromatic heterocycles. The van der Waals surface area contributed by atoms with E-state index in [1.54, 1.807) is 24.8 Å². The summed E-state index contributed by atoms with van der Waals surface area (Å²) in [4.78, 5) is 33.3. The van der Waals surface area contributed by atoms with Crippen molar-refractivity contribution in [3.8, 4) is 6.07 Å². The zero-order chi connectivity index (χ0) is 29.4. The molecule has 4 rings (SSSR count). The van der Waals surface area contributed by atoms with Crippen LogP contribution in [0.1, 0.15) is 77.3 Å². The maximum Gasteiger partial charge on any atom is 0.417 e. The largest absolute Gasteiger partial charge is 0.417 e. The summed E-state index contributed by atoms with van der Waals surface area (Å²) in [5.74, 6) is 0.176. The molecule has 1 aliphatic carbocycles. The number of nitriles is 1. The first kappa shape index (κ1) is 30.3. The van der Waals surface area contributed by atoms with E-state index in [0.717, 1.165) is 75.2 Å². The van der Waals surface area contributed by atoms with Gasteiger partial charge in [-0.3, -0.25) is 19.4 Å². The van der Waals surface area contributed by atoms with E-state index in [4.69, 9.17) is 17.5 Å². The van der Waals surface area contributed by atoms with E-state index in [2.05, 4.69) is 23.6 Å². The van der Waals surface area contributed by atoms with Crippen LogP contribution in [0.3, 0.4) is 0 Å². The molecule has 3 fully saturated rings. The van der Waals surface area contributed by atoms with Crippen LogP contribution in [0, 0.1) is 17.2 Å². The van der Waals surface area contributed by atoms with Crippen molar-refractivity contribution in [3.05, 3.63) is 29.3 Å². The molecule has 0 spiro atoms. The Hall–Kier alpha value is -2.71. The van der Waals surface area contributed by atoms with E-state index in [-0.39, 0.29) is 22.8 Å². The van der Waals surface area contributed by atoms with E-state index in [9.17, 15) is 22.8 Å². The number of rotatable bonds is 9. The third-order valence-corrected chi connectivity index (χ3v) is 8.82. The molecular weight excluding hydrogens is 539 g/mol. The van der Waals surface area contributed by atoms with Gasteiger partial charge in [-0.15, -0.1) is 0 Å². The van der Waals surface area contributed by atoms with Gasteiger partial charge in [0, 0.05) is 37.6 Å². The summed E-state index contributed by atoms with van der Waals surface area (Å²) in [6.45, 7) is 10.9. The lowest BCUT2D eigenvalue weighted by Crippen LogP contribution is -2.58. The quantitative estimate of drug-likeness (QED) is 0.298. The van der Waals surface area contributed by atoms with E-state index >= 15 is 0 Å². The predicted molar refractivity (Wildman–Crippen MR) is 150 cm³/mol. The fourth-order valence-electron chi connectivity index (χ4n) is 5.76. The van der Waals surface area contributed by atoms with Gasteiger partial charge in [0.15, 0.2) is 5.11 Å². The highest BCUT2D eigenvalue weighted by atomic mass is 32.1. The fourth-order valence-corrected chi connectivity index (χ4v) is 6.27. The lowest BCUT2D eigenvalue weighted by Gasteiger charge is -2.44. The number of hydrogen-bond donors (Lipinski definition) is 0. The molecular formula is C29H38F3N5O2S. The Morgan fingerprint density at radius 3 is 2.33 bits per heavy atom. The van der Waals surface area contributed by atoms with Crippen LogP contribution in [0.5, 0.6) is 0 Å². The van der Waals surface area contributed by atoms with Crippen LogP contribution < -0.4 is 4.90 Å². The molecule has 0 radical (unpaired) electrons. The smallest absolute Gasteiger partial charge is 0.337 e. The van der Waals surface area contributed by atoms with Crippen LogP contribution in [0.4, 0.5) is 18.9 Å². The van der Waals surface area contributed by atoms with E-state index in [1.807, 2.05) is 0 Å². The number of hydrogen-bond acceptors (Lipinski definition) is 5. The molecule has 2 aliphatic heterocycles. The average Bonchev–Trinajstić information content (AvgIpc) is 3.72. The van der Waals surface area contributed by atoms with Crippen molar-refractivity contribution in [1.82, 2.24) is 14.7 Å². The number of amides is 2. The van der Waals surface area contributed by atoms with Gasteiger partial charge in [0.2, 0.25) is 5.91 Å². The third-order valence-electron chi connectivity index (χ3n) is 8.41. The summed E-state index contributed by atoms with van der Waals surface area (Å²) in [7, 11) is 0. The Morgan fingerprint density at radius 2 is 1.73 bits per heavy atom. The minimum atomic E-state index is -4.72. The summed E-state index contributed by atoms with van der Waals surface area (Å²) in [5, 5.41) is 9.27. The van der Waals surface area contributed by atoms with Crippen molar-refractivity contribution in [1.29, 1.82) is 5.26 Å². The number of benzene rings is 1. The van der Waals surface area contributed by atoms with Crippen molar-refractivity contribution in [3.63, 3.8) is 0 Å². The van der Waals surface area contributed by atoms with Crippen LogP contribution in [0.15, 0.2) is 18.2 Å². The first-order chi connectivity index (χ1) is 18.8. The van der Waals surface area contributed by atoms with E-state index in [1.165, 1.54) is 6.07 Å². The number of alkyl halides is 3. The number of halogens is 3. The summed E-state index contributed by atoms with van der Waals surface area (Å²) < 4.78 is 40.6. The number of unbranched alkanes of at least 4 members (excludes halogenated alkanes) is 3. The average molecular weight is 578 g/mol. The van der Waals surface area contributed by atoms with Crippen molar-refractivity contribution < 1.29 is 22.8 Å². The first-order valence-electron chi connectivity index (χ1n) is 14.1. The molecule has 2 amide bonds. The summed E-state index contributed by atoms with van der Waals surface area (Å²) in [6.07, 6.45) is 1.09. The van der Waals surface area contributed by atoms with Crippen LogP contribution in [0.25, 0.3) is 0 Å². The highest BCUT2D eigenvalue weighted by Gasteiger charge is 2.49. The molecule has 7 nitrogen and oxygen atoms in total. The molecule has 11 heteroatoms. The molecule has 40 heavy (non-hydrogen) atoms. The third kappa shape index (κ3) is 6.13. The molecule has 3 aliphatic rings. The van der Waals surface area contributed by atoms with Gasteiger partial charge in [0.1, 0.15) is 5.54 Å². The molecule has 1 aromatic carbocycles. The molecule has 2 unspecified atom stereocenters. The van der Waals surface area contributed by atoms with Crippen LogP contribution >= 0.6 is 12.2 Å². The summed E-state index contributed by atoms with van der Waals surface area (Å²) in [6, 6.07) is 5.36. The van der Waals surface area contributed by atoms with Gasteiger partial charge in [-0.05, 0) is 90.3 Å². The molecule has 218 valence electrons. The standard InChI is InChI=1S/C29H38F3N5O2S/c1-19-18-35(25(38)21-9-10-21)20(2)17-34(19)13-7-5-6-8-14-36-27(40)37(26(39)28(36,3)4)23-12-11-22(16-33)24(15-23)29(30,31)32/h11-12,15,19-21H,5-10,13-14,17-18H2,1-4H3. The second kappa shape index (κ2) is 11.6. The SMILES string of the molecule is CC1CN(C(=O)C2CC2)C(C)CN1CCCCCCN1C(=S)N(c2ccc(C#N)c(C(F)(F)F)c2)C(=O)C1(C)C. The van der Waals surface area contributed by atoms with Crippen molar-refractivity contribution >= 4 is 34.8 Å². The topological polar surface area (TPSA) is 70.9 Å². The highest BCUT2D eigenvalue weighted by Crippen LogP contribution is 2.38. The zero-order valence-electron chi connectivity index (χ0n) is 23.6. The number of carbonyl (C=O) groups is 2. The van der Waals surface area contributed by atoms with Gasteiger partial charge in [-0.2, -0.15) is 18.4 Å². The number of thiocarbonyl (C=S) groups is 1. The predicted octanol–water partition coefficient (Wildman–Crippen LogP) is 5.18. The molecule has 0 N–H and O–H groups in total. The second-order valence-corrected chi connectivity index (χ2v) is 12.2. The Morgan fingerprint density at radius 1 is 1.07 bits per heavy atom. The molecule has 1 aromatic rings. The lowest BCUT2D eigenvalue weighted by molar-refractivity contribution is -0.139. The lowest BCUT2D eigenvalue weighted by atomic mass is 10.0. The maximum atomic E-state index is 13.5. The normalized spacial score (nSPS) is 23.6. The number of anilines is 1. The highest BCUT2D eigenvalue weighted by molar-refractivity contribution is 7.80. The van der Waals surface area contributed by atoms with Gasteiger partial charge < -0.3 is 9.80 Å². The van der Waals surface area contributed by atoms with Gasteiger partial charge in [0.05, 0.1) is 22.9 Å². The van der Waals surface area contributed by atoms with Crippen molar-refractivity contribution in [2.75, 3.05) is 31.1 Å². The first-order valence-corrected chi connectivity index (χ1v) is 14.5. The molecule has 2 saturated heterocycles. The molecule has 0 bridgehead atoms. The zero-order valence-corrected chi connectivity index (χ0v) is 24.4. The minimum Gasteiger partial charge on any atom is -0.337 e. The van der Waals surface area contributed by atoms with Gasteiger partial charge in [-0.25, -0.2) is 0 Å². The summed E-state index contributed by atoms with van der Waals surface area (Å²) in [5.41, 5.74) is -2.56. The molecule has 1 saturated carbocycles. The Balaban J connectivity index is 1.28. The summed E-state index contributed by atoms with van der Waals surface area (Å²) >= 11 is 5.58. The Bertz CT molecular complexity index is 1190. The maximum absolute atomic E-state index is 13.5. The number of nitrogens with zero attached hydrogens (tertiary/aromatic N) is 5. The van der Waals surface area contributed by atoms with E-state index in [0.29, 0.717) is 18.5 Å².